The number of rotatable bonds is 10. The van der Waals surface area contributed by atoms with E-state index < -0.39 is 17.8 Å². The van der Waals surface area contributed by atoms with E-state index in [1.807, 2.05) is 42.5 Å². The van der Waals surface area contributed by atoms with Crippen LogP contribution in [-0.4, -0.2) is 37.2 Å². The van der Waals surface area contributed by atoms with Gasteiger partial charge in [-0.15, -0.1) is 11.3 Å². The first-order chi connectivity index (χ1) is 17.5. The molecular formula is C29H33NO6S. The van der Waals surface area contributed by atoms with Crippen LogP contribution in [0.4, 0.5) is 5.00 Å². The topological polar surface area (TPSA) is 90.9 Å². The molecular weight excluding hydrogens is 490 g/mol. The van der Waals surface area contributed by atoms with Crippen LogP contribution >= 0.6 is 11.3 Å². The van der Waals surface area contributed by atoms with Crippen LogP contribution in [-0.2, 0) is 19.7 Å². The molecule has 0 aliphatic carbocycles. The van der Waals surface area contributed by atoms with Crippen molar-refractivity contribution >= 4 is 34.2 Å². The van der Waals surface area contributed by atoms with Crippen LogP contribution in [0.2, 0.25) is 0 Å². The Morgan fingerprint density at radius 1 is 0.946 bits per heavy atom. The first-order valence-electron chi connectivity index (χ1n) is 12.1. The SMILES string of the molecule is CCOC(=O)c1c(NC(=O)COc2ccc(C(C)(C)c3ccccc3)cc2)sc(C(=O)OC(C)C)c1C. The normalized spacial score (nSPS) is 11.2. The summed E-state index contributed by atoms with van der Waals surface area (Å²) in [5.74, 6) is -1.10. The van der Waals surface area contributed by atoms with Crippen molar-refractivity contribution in [3.05, 3.63) is 81.7 Å². The average Bonchev–Trinajstić information content (AvgIpc) is 3.19. The molecule has 1 heterocycles. The molecule has 0 aliphatic heterocycles. The minimum atomic E-state index is -0.618. The number of hydrogen-bond donors (Lipinski definition) is 1. The molecule has 37 heavy (non-hydrogen) atoms. The van der Waals surface area contributed by atoms with Crippen LogP contribution in [0.25, 0.3) is 0 Å². The largest absolute Gasteiger partial charge is 0.484 e. The van der Waals surface area contributed by atoms with Crippen molar-refractivity contribution in [2.75, 3.05) is 18.5 Å². The summed E-state index contributed by atoms with van der Waals surface area (Å²) in [5, 5.41) is 2.92. The molecule has 0 fully saturated rings. The van der Waals surface area contributed by atoms with Crippen molar-refractivity contribution in [2.24, 2.45) is 0 Å². The van der Waals surface area contributed by atoms with Crippen molar-refractivity contribution in [3.8, 4) is 5.75 Å². The molecule has 0 unspecified atom stereocenters. The van der Waals surface area contributed by atoms with Gasteiger partial charge in [-0.3, -0.25) is 4.79 Å². The predicted octanol–water partition coefficient (Wildman–Crippen LogP) is 6.14. The fraction of sp³-hybridized carbons (Fsp3) is 0.345. The lowest BCUT2D eigenvalue weighted by Gasteiger charge is -2.26. The summed E-state index contributed by atoms with van der Waals surface area (Å²) < 4.78 is 16.1. The number of thiophene rings is 1. The highest BCUT2D eigenvalue weighted by Crippen LogP contribution is 2.35. The standard InChI is InChI=1S/C29H33NO6S/c1-7-34-27(32)24-19(4)25(28(33)36-18(2)3)37-26(24)30-23(31)17-35-22-15-13-21(14-16-22)29(5,6)20-11-9-8-10-12-20/h8-16,18H,7,17H2,1-6H3,(H,30,31). The summed E-state index contributed by atoms with van der Waals surface area (Å²) in [5.41, 5.74) is 2.67. The molecule has 8 heteroatoms. The second-order valence-electron chi connectivity index (χ2n) is 9.29. The van der Waals surface area contributed by atoms with Gasteiger partial charge in [-0.25, -0.2) is 9.59 Å². The summed E-state index contributed by atoms with van der Waals surface area (Å²) in [6.45, 7) is 11.0. The van der Waals surface area contributed by atoms with E-state index in [9.17, 15) is 14.4 Å². The Balaban J connectivity index is 1.71. The third-order valence-corrected chi connectivity index (χ3v) is 7.04. The minimum Gasteiger partial charge on any atom is -0.484 e. The number of anilines is 1. The first-order valence-corrected chi connectivity index (χ1v) is 13.0. The number of ether oxygens (including phenoxy) is 3. The minimum absolute atomic E-state index is 0.142. The van der Waals surface area contributed by atoms with Crippen LogP contribution in [0.1, 0.15) is 71.3 Å². The van der Waals surface area contributed by atoms with Gasteiger partial charge in [0.2, 0.25) is 0 Å². The zero-order chi connectivity index (χ0) is 27.2. The maximum atomic E-state index is 12.7. The predicted molar refractivity (Wildman–Crippen MR) is 145 cm³/mol. The lowest BCUT2D eigenvalue weighted by Crippen LogP contribution is -2.21. The number of benzene rings is 2. The molecule has 0 bridgehead atoms. The summed E-state index contributed by atoms with van der Waals surface area (Å²) in [7, 11) is 0. The van der Waals surface area contributed by atoms with Gasteiger partial charge in [0.05, 0.1) is 18.3 Å². The van der Waals surface area contributed by atoms with E-state index in [0.29, 0.717) is 11.3 Å². The van der Waals surface area contributed by atoms with Crippen molar-refractivity contribution in [3.63, 3.8) is 0 Å². The highest BCUT2D eigenvalue weighted by Gasteiger charge is 2.28. The summed E-state index contributed by atoms with van der Waals surface area (Å²) in [6.07, 6.45) is -0.323. The zero-order valence-corrected chi connectivity index (χ0v) is 22.9. The van der Waals surface area contributed by atoms with Crippen LogP contribution < -0.4 is 10.1 Å². The molecule has 2 aromatic carbocycles. The highest BCUT2D eigenvalue weighted by atomic mass is 32.1. The second kappa shape index (κ2) is 12.1. The molecule has 1 N–H and O–H groups in total. The van der Waals surface area contributed by atoms with E-state index in [0.717, 1.165) is 16.9 Å². The summed E-state index contributed by atoms with van der Waals surface area (Å²) >= 11 is 0.980. The molecule has 7 nitrogen and oxygen atoms in total. The fourth-order valence-electron chi connectivity index (χ4n) is 3.81. The van der Waals surface area contributed by atoms with Crippen molar-refractivity contribution in [1.29, 1.82) is 0 Å². The Morgan fingerprint density at radius 2 is 1.57 bits per heavy atom. The van der Waals surface area contributed by atoms with Crippen molar-refractivity contribution in [2.45, 2.75) is 53.1 Å². The number of carbonyl (C=O) groups excluding carboxylic acids is 3. The lowest BCUT2D eigenvalue weighted by atomic mass is 9.78. The van der Waals surface area contributed by atoms with E-state index in [2.05, 4.69) is 31.3 Å². The van der Waals surface area contributed by atoms with Gasteiger partial charge < -0.3 is 19.5 Å². The molecule has 0 atom stereocenters. The molecule has 0 radical (unpaired) electrons. The molecule has 0 aliphatic rings. The summed E-state index contributed by atoms with van der Waals surface area (Å²) in [4.78, 5) is 38.0. The van der Waals surface area contributed by atoms with E-state index in [-0.39, 0.29) is 40.2 Å². The van der Waals surface area contributed by atoms with Gasteiger partial charge >= 0.3 is 11.9 Å². The van der Waals surface area contributed by atoms with Crippen LogP contribution in [0.15, 0.2) is 54.6 Å². The molecule has 0 saturated carbocycles. The zero-order valence-electron chi connectivity index (χ0n) is 22.0. The molecule has 3 aromatic rings. The lowest BCUT2D eigenvalue weighted by molar-refractivity contribution is -0.118. The molecule has 1 amide bonds. The Labute approximate surface area is 221 Å². The van der Waals surface area contributed by atoms with Gasteiger partial charge in [0.25, 0.3) is 5.91 Å². The van der Waals surface area contributed by atoms with E-state index in [4.69, 9.17) is 14.2 Å². The van der Waals surface area contributed by atoms with Gasteiger partial charge in [-0.1, -0.05) is 56.3 Å². The molecule has 3 rings (SSSR count). The Morgan fingerprint density at radius 3 is 2.16 bits per heavy atom. The number of nitrogens with one attached hydrogen (secondary N) is 1. The number of esters is 2. The average molecular weight is 524 g/mol. The Kier molecular flexibility index (Phi) is 9.10. The van der Waals surface area contributed by atoms with Crippen LogP contribution in [0, 0.1) is 6.92 Å². The first kappa shape index (κ1) is 27.9. The quantitative estimate of drug-likeness (QED) is 0.321. The van der Waals surface area contributed by atoms with Gasteiger partial charge in [0, 0.05) is 5.41 Å². The van der Waals surface area contributed by atoms with E-state index >= 15 is 0 Å². The second-order valence-corrected chi connectivity index (χ2v) is 10.3. The van der Waals surface area contributed by atoms with Gasteiger partial charge in [-0.05, 0) is 56.5 Å². The molecule has 196 valence electrons. The van der Waals surface area contributed by atoms with Gasteiger partial charge in [0.15, 0.2) is 6.61 Å². The molecule has 1 aromatic heterocycles. The highest BCUT2D eigenvalue weighted by molar-refractivity contribution is 7.18. The molecule has 0 spiro atoms. The fourth-order valence-corrected chi connectivity index (χ4v) is 4.91. The number of amides is 1. The maximum Gasteiger partial charge on any atom is 0.348 e. The number of hydrogen-bond acceptors (Lipinski definition) is 7. The van der Waals surface area contributed by atoms with Crippen molar-refractivity contribution < 1.29 is 28.6 Å². The van der Waals surface area contributed by atoms with E-state index in [1.54, 1.807) is 27.7 Å². The van der Waals surface area contributed by atoms with Crippen LogP contribution in [0.5, 0.6) is 5.75 Å². The van der Waals surface area contributed by atoms with Gasteiger partial charge in [-0.2, -0.15) is 0 Å². The third-order valence-electron chi connectivity index (χ3n) is 5.85. The smallest absolute Gasteiger partial charge is 0.348 e. The Hall–Kier alpha value is -3.65. The monoisotopic (exact) mass is 523 g/mol. The summed E-state index contributed by atoms with van der Waals surface area (Å²) in [6, 6.07) is 17.8. The van der Waals surface area contributed by atoms with Gasteiger partial charge in [0.1, 0.15) is 15.6 Å². The van der Waals surface area contributed by atoms with E-state index in [1.165, 1.54) is 5.56 Å². The van der Waals surface area contributed by atoms with Crippen LogP contribution in [0.3, 0.4) is 0 Å². The molecule has 0 saturated heterocycles. The van der Waals surface area contributed by atoms with Crippen molar-refractivity contribution in [1.82, 2.24) is 0 Å². The maximum absolute atomic E-state index is 12.7. The Bertz CT molecular complexity index is 1250. The number of carbonyl (C=O) groups is 3. The third kappa shape index (κ3) is 6.77.